The lowest BCUT2D eigenvalue weighted by Crippen LogP contribution is -2.23. The van der Waals surface area contributed by atoms with E-state index in [0.717, 1.165) is 12.8 Å². The normalized spacial score (nSPS) is 16.3. The first kappa shape index (κ1) is 13.3. The Hall–Kier alpha value is -1.17. The molecule has 1 heterocycles. The first-order chi connectivity index (χ1) is 8.70. The maximum Gasteiger partial charge on any atom is 0.358 e. The van der Waals surface area contributed by atoms with Crippen LogP contribution in [0.4, 0.5) is 5.82 Å². The molecular formula is C12H16BrN3O2. The van der Waals surface area contributed by atoms with Gasteiger partial charge in [0.1, 0.15) is 4.60 Å². The lowest BCUT2D eigenvalue weighted by molar-refractivity contribution is 0.0593. The van der Waals surface area contributed by atoms with Gasteiger partial charge in [0.15, 0.2) is 11.5 Å². The average Bonchev–Trinajstić information content (AvgIpc) is 2.41. The zero-order chi connectivity index (χ0) is 13.0. The number of carbonyl (C=O) groups is 1. The van der Waals surface area contributed by atoms with Crippen molar-refractivity contribution in [2.75, 3.05) is 12.4 Å². The number of nitrogens with one attached hydrogen (secondary N) is 1. The van der Waals surface area contributed by atoms with E-state index in [2.05, 4.69) is 36.0 Å². The van der Waals surface area contributed by atoms with Crippen LogP contribution >= 0.6 is 15.9 Å². The Labute approximate surface area is 114 Å². The summed E-state index contributed by atoms with van der Waals surface area (Å²) in [4.78, 5) is 19.6. The van der Waals surface area contributed by atoms with Crippen molar-refractivity contribution in [3.8, 4) is 0 Å². The first-order valence-corrected chi connectivity index (χ1v) is 6.87. The van der Waals surface area contributed by atoms with E-state index in [1.165, 1.54) is 32.6 Å². The molecule has 0 atom stereocenters. The Kier molecular flexibility index (Phi) is 4.52. The number of nitrogens with zero attached hydrogens (tertiary/aromatic N) is 2. The Morgan fingerprint density at radius 2 is 2.17 bits per heavy atom. The fraction of sp³-hybridized carbons (Fsp3) is 0.583. The van der Waals surface area contributed by atoms with Crippen molar-refractivity contribution < 1.29 is 9.53 Å². The molecule has 0 saturated heterocycles. The standard InChI is InChI=1S/C12H16BrN3O2/c1-18-12(17)9-7-14-11(10(13)16-9)15-8-5-3-2-4-6-8/h7-8H,2-6H2,1H3,(H,14,15). The molecule has 0 spiro atoms. The van der Waals surface area contributed by atoms with E-state index >= 15 is 0 Å². The molecule has 0 aliphatic heterocycles. The van der Waals surface area contributed by atoms with Crippen LogP contribution < -0.4 is 5.32 Å². The minimum absolute atomic E-state index is 0.207. The van der Waals surface area contributed by atoms with E-state index < -0.39 is 5.97 Å². The molecule has 1 aliphatic carbocycles. The number of halogens is 1. The third-order valence-electron chi connectivity index (χ3n) is 3.07. The number of rotatable bonds is 3. The van der Waals surface area contributed by atoms with Crippen molar-refractivity contribution in [3.63, 3.8) is 0 Å². The maximum atomic E-state index is 11.3. The van der Waals surface area contributed by atoms with Gasteiger partial charge < -0.3 is 10.1 Å². The van der Waals surface area contributed by atoms with Crippen LogP contribution in [0.1, 0.15) is 42.6 Å². The zero-order valence-electron chi connectivity index (χ0n) is 10.3. The van der Waals surface area contributed by atoms with Crippen molar-refractivity contribution in [3.05, 3.63) is 16.5 Å². The SMILES string of the molecule is COC(=O)c1cnc(NC2CCCCC2)c(Br)n1. The number of hydrogen-bond acceptors (Lipinski definition) is 5. The third-order valence-corrected chi connectivity index (χ3v) is 3.62. The van der Waals surface area contributed by atoms with Gasteiger partial charge in [-0.15, -0.1) is 0 Å². The fourth-order valence-corrected chi connectivity index (χ4v) is 2.51. The number of anilines is 1. The maximum absolute atomic E-state index is 11.3. The summed E-state index contributed by atoms with van der Waals surface area (Å²) in [6.07, 6.45) is 7.57. The van der Waals surface area contributed by atoms with E-state index in [4.69, 9.17) is 0 Å². The molecule has 18 heavy (non-hydrogen) atoms. The van der Waals surface area contributed by atoms with E-state index in [1.54, 1.807) is 0 Å². The molecule has 1 N–H and O–H groups in total. The van der Waals surface area contributed by atoms with Gasteiger partial charge in [-0.25, -0.2) is 14.8 Å². The number of carbonyl (C=O) groups excluding carboxylic acids is 1. The molecule has 1 aliphatic rings. The molecule has 6 heteroatoms. The summed E-state index contributed by atoms with van der Waals surface area (Å²) in [5, 5.41) is 3.36. The second kappa shape index (κ2) is 6.13. The van der Waals surface area contributed by atoms with Gasteiger partial charge in [-0.3, -0.25) is 0 Å². The summed E-state index contributed by atoms with van der Waals surface area (Å²) in [6, 6.07) is 0.452. The molecular weight excluding hydrogens is 298 g/mol. The monoisotopic (exact) mass is 313 g/mol. The molecule has 0 radical (unpaired) electrons. The highest BCUT2D eigenvalue weighted by Gasteiger charge is 2.17. The number of methoxy groups -OCH3 is 1. The van der Waals surface area contributed by atoms with Gasteiger partial charge in [-0.2, -0.15) is 0 Å². The van der Waals surface area contributed by atoms with Crippen LogP contribution in [-0.2, 0) is 4.74 Å². The first-order valence-electron chi connectivity index (χ1n) is 6.08. The quantitative estimate of drug-likeness (QED) is 0.869. The number of ether oxygens (including phenoxy) is 1. The summed E-state index contributed by atoms with van der Waals surface area (Å²) in [6.45, 7) is 0. The lowest BCUT2D eigenvalue weighted by Gasteiger charge is -2.23. The van der Waals surface area contributed by atoms with Gasteiger partial charge >= 0.3 is 5.97 Å². The Morgan fingerprint density at radius 3 is 2.78 bits per heavy atom. The molecule has 0 amide bonds. The number of esters is 1. The van der Waals surface area contributed by atoms with E-state index in [-0.39, 0.29) is 5.69 Å². The molecule has 1 aromatic heterocycles. The lowest BCUT2D eigenvalue weighted by atomic mass is 9.96. The van der Waals surface area contributed by atoms with E-state index in [1.807, 2.05) is 0 Å². The minimum atomic E-state index is -0.479. The molecule has 1 aromatic rings. The highest BCUT2D eigenvalue weighted by Crippen LogP contribution is 2.24. The zero-order valence-corrected chi connectivity index (χ0v) is 11.9. The third kappa shape index (κ3) is 3.19. The molecule has 5 nitrogen and oxygen atoms in total. The smallest absolute Gasteiger partial charge is 0.358 e. The summed E-state index contributed by atoms with van der Waals surface area (Å²) in [5.41, 5.74) is 0.207. The fourth-order valence-electron chi connectivity index (χ4n) is 2.11. The van der Waals surface area contributed by atoms with Crippen molar-refractivity contribution in [2.45, 2.75) is 38.1 Å². The second-order valence-electron chi connectivity index (χ2n) is 4.37. The van der Waals surface area contributed by atoms with Crippen molar-refractivity contribution in [1.29, 1.82) is 0 Å². The number of aromatic nitrogens is 2. The Balaban J connectivity index is 2.07. The van der Waals surface area contributed by atoms with Gasteiger partial charge in [0.2, 0.25) is 0 Å². The molecule has 0 aromatic carbocycles. The van der Waals surface area contributed by atoms with E-state index in [9.17, 15) is 4.79 Å². The molecule has 98 valence electrons. The highest BCUT2D eigenvalue weighted by molar-refractivity contribution is 9.10. The van der Waals surface area contributed by atoms with Crippen LogP contribution in [0.3, 0.4) is 0 Å². The van der Waals surface area contributed by atoms with Crippen molar-refractivity contribution in [2.24, 2.45) is 0 Å². The van der Waals surface area contributed by atoms with Gasteiger partial charge in [-0.1, -0.05) is 19.3 Å². The van der Waals surface area contributed by atoms with Crippen LogP contribution in [0.2, 0.25) is 0 Å². The Morgan fingerprint density at radius 1 is 1.44 bits per heavy atom. The predicted molar refractivity (Wildman–Crippen MR) is 71.6 cm³/mol. The van der Waals surface area contributed by atoms with E-state index in [0.29, 0.717) is 16.5 Å². The minimum Gasteiger partial charge on any atom is -0.464 e. The summed E-state index contributed by atoms with van der Waals surface area (Å²) >= 11 is 3.33. The number of hydrogen-bond donors (Lipinski definition) is 1. The predicted octanol–water partition coefficient (Wildman–Crippen LogP) is 2.77. The molecule has 1 fully saturated rings. The highest BCUT2D eigenvalue weighted by atomic mass is 79.9. The molecule has 1 saturated carbocycles. The van der Waals surface area contributed by atoms with Crippen molar-refractivity contribution in [1.82, 2.24) is 9.97 Å². The second-order valence-corrected chi connectivity index (χ2v) is 5.12. The van der Waals surface area contributed by atoms with Crippen LogP contribution in [0.5, 0.6) is 0 Å². The topological polar surface area (TPSA) is 64.1 Å². The van der Waals surface area contributed by atoms with Crippen LogP contribution in [-0.4, -0.2) is 29.1 Å². The largest absolute Gasteiger partial charge is 0.464 e. The van der Waals surface area contributed by atoms with Gasteiger partial charge in [0, 0.05) is 6.04 Å². The molecule has 2 rings (SSSR count). The molecule has 0 unspecified atom stereocenters. The van der Waals surface area contributed by atoms with Crippen LogP contribution in [0.15, 0.2) is 10.8 Å². The summed E-state index contributed by atoms with van der Waals surface area (Å²) in [7, 11) is 1.33. The van der Waals surface area contributed by atoms with Gasteiger partial charge in [0.25, 0.3) is 0 Å². The van der Waals surface area contributed by atoms with Crippen molar-refractivity contribution >= 4 is 27.7 Å². The Bertz CT molecular complexity index is 433. The van der Waals surface area contributed by atoms with Crippen LogP contribution in [0, 0.1) is 0 Å². The van der Waals surface area contributed by atoms with Gasteiger partial charge in [0.05, 0.1) is 13.3 Å². The van der Waals surface area contributed by atoms with Gasteiger partial charge in [-0.05, 0) is 28.8 Å². The average molecular weight is 314 g/mol. The van der Waals surface area contributed by atoms with Crippen LogP contribution in [0.25, 0.3) is 0 Å². The summed E-state index contributed by atoms with van der Waals surface area (Å²) < 4.78 is 5.15. The molecule has 0 bridgehead atoms. The summed E-state index contributed by atoms with van der Waals surface area (Å²) in [5.74, 6) is 0.210.